The van der Waals surface area contributed by atoms with Gasteiger partial charge in [-0.1, -0.05) is 30.3 Å². The Kier molecular flexibility index (Phi) is 9.42. The van der Waals surface area contributed by atoms with Gasteiger partial charge in [-0.3, -0.25) is 9.59 Å². The second kappa shape index (κ2) is 11.0. The van der Waals surface area contributed by atoms with Gasteiger partial charge in [0.25, 0.3) is 0 Å². The van der Waals surface area contributed by atoms with Crippen molar-refractivity contribution in [3.63, 3.8) is 0 Å². The highest BCUT2D eigenvalue weighted by Crippen LogP contribution is 2.18. The van der Waals surface area contributed by atoms with Crippen molar-refractivity contribution in [1.29, 1.82) is 0 Å². The average molecular weight is 354 g/mol. The Morgan fingerprint density at radius 3 is 2.46 bits per heavy atom. The molecule has 3 N–H and O–H groups in total. The van der Waals surface area contributed by atoms with Crippen molar-refractivity contribution in [2.45, 2.75) is 32.1 Å². The topological polar surface area (TPSA) is 75.4 Å². The fraction of sp³-hybridized carbons (Fsp3) is 0.556. The molecule has 6 heteroatoms. The summed E-state index contributed by atoms with van der Waals surface area (Å²) in [5.74, 6) is 0.330. The summed E-state index contributed by atoms with van der Waals surface area (Å²) in [6.45, 7) is 2.60. The lowest BCUT2D eigenvalue weighted by molar-refractivity contribution is -0.135. The van der Waals surface area contributed by atoms with Gasteiger partial charge in [0.05, 0.1) is 0 Å². The summed E-state index contributed by atoms with van der Waals surface area (Å²) in [5.41, 5.74) is 6.61. The van der Waals surface area contributed by atoms with Crippen molar-refractivity contribution < 1.29 is 9.59 Å². The predicted octanol–water partition coefficient (Wildman–Crippen LogP) is 1.74. The minimum atomic E-state index is 0. The van der Waals surface area contributed by atoms with Gasteiger partial charge in [0.15, 0.2) is 0 Å². The predicted molar refractivity (Wildman–Crippen MR) is 98.0 cm³/mol. The number of benzene rings is 1. The average Bonchev–Trinajstić information content (AvgIpc) is 2.61. The molecule has 2 rings (SSSR count). The molecule has 5 nitrogen and oxygen atoms in total. The maximum atomic E-state index is 12.3. The van der Waals surface area contributed by atoms with Gasteiger partial charge in [-0.2, -0.15) is 0 Å². The third-order valence-electron chi connectivity index (χ3n) is 4.37. The SMILES string of the molecule is Cl.NCCCNC(=O)C1CCN(C(=O)CCc2ccccc2)CC1. The highest BCUT2D eigenvalue weighted by atomic mass is 35.5. The van der Waals surface area contributed by atoms with Crippen LogP contribution in [0.2, 0.25) is 0 Å². The van der Waals surface area contributed by atoms with Crippen LogP contribution in [0.4, 0.5) is 0 Å². The molecule has 0 aromatic heterocycles. The maximum Gasteiger partial charge on any atom is 0.223 e. The third-order valence-corrected chi connectivity index (χ3v) is 4.37. The fourth-order valence-corrected chi connectivity index (χ4v) is 2.90. The number of carbonyl (C=O) groups is 2. The molecule has 0 spiro atoms. The van der Waals surface area contributed by atoms with Crippen LogP contribution in [0.3, 0.4) is 0 Å². The van der Waals surface area contributed by atoms with Gasteiger partial charge < -0.3 is 16.0 Å². The van der Waals surface area contributed by atoms with Crippen LogP contribution in [-0.4, -0.2) is 42.9 Å². The Labute approximate surface area is 150 Å². The van der Waals surface area contributed by atoms with E-state index in [1.54, 1.807) is 0 Å². The molecule has 1 fully saturated rings. The standard InChI is InChI=1S/C18H27N3O2.ClH/c19-11-4-12-20-18(23)16-9-13-21(14-10-16)17(22)8-7-15-5-2-1-3-6-15;/h1-3,5-6,16H,4,7-14,19H2,(H,20,23);1H. The van der Waals surface area contributed by atoms with Crippen molar-refractivity contribution in [3.05, 3.63) is 35.9 Å². The van der Waals surface area contributed by atoms with Crippen LogP contribution in [0.5, 0.6) is 0 Å². The molecule has 0 aliphatic carbocycles. The van der Waals surface area contributed by atoms with Gasteiger partial charge in [-0.25, -0.2) is 0 Å². The van der Waals surface area contributed by atoms with Gasteiger partial charge in [0, 0.05) is 32.0 Å². The van der Waals surface area contributed by atoms with E-state index in [4.69, 9.17) is 5.73 Å². The summed E-state index contributed by atoms with van der Waals surface area (Å²) in [6.07, 6.45) is 3.64. The monoisotopic (exact) mass is 353 g/mol. The number of amides is 2. The first-order chi connectivity index (χ1) is 11.2. The molecule has 134 valence electrons. The number of nitrogens with zero attached hydrogens (tertiary/aromatic N) is 1. The van der Waals surface area contributed by atoms with Crippen LogP contribution in [0.25, 0.3) is 0 Å². The van der Waals surface area contributed by atoms with E-state index in [0.29, 0.717) is 32.6 Å². The number of nitrogens with two attached hydrogens (primary N) is 1. The van der Waals surface area contributed by atoms with Crippen molar-refractivity contribution in [2.75, 3.05) is 26.2 Å². The van der Waals surface area contributed by atoms with E-state index in [0.717, 1.165) is 25.7 Å². The smallest absolute Gasteiger partial charge is 0.223 e. The molecule has 0 unspecified atom stereocenters. The first-order valence-electron chi connectivity index (χ1n) is 8.50. The first kappa shape index (κ1) is 20.5. The van der Waals surface area contributed by atoms with E-state index in [9.17, 15) is 9.59 Å². The Morgan fingerprint density at radius 1 is 1.17 bits per heavy atom. The van der Waals surface area contributed by atoms with Crippen molar-refractivity contribution >= 4 is 24.2 Å². The number of likely N-dealkylation sites (tertiary alicyclic amines) is 1. The molecular weight excluding hydrogens is 326 g/mol. The Bertz CT molecular complexity index is 502. The number of hydrogen-bond donors (Lipinski definition) is 2. The number of aryl methyl sites for hydroxylation is 1. The zero-order valence-corrected chi connectivity index (χ0v) is 14.9. The van der Waals surface area contributed by atoms with Crippen molar-refractivity contribution in [3.8, 4) is 0 Å². The fourth-order valence-electron chi connectivity index (χ4n) is 2.90. The molecule has 0 radical (unpaired) electrons. The van der Waals surface area contributed by atoms with Gasteiger partial charge in [-0.15, -0.1) is 12.4 Å². The normalized spacial score (nSPS) is 14.8. The number of halogens is 1. The van der Waals surface area contributed by atoms with Gasteiger partial charge in [-0.05, 0) is 37.8 Å². The summed E-state index contributed by atoms with van der Waals surface area (Å²) in [4.78, 5) is 26.2. The molecule has 1 saturated heterocycles. The summed E-state index contributed by atoms with van der Waals surface area (Å²) < 4.78 is 0. The molecule has 24 heavy (non-hydrogen) atoms. The molecule has 1 aromatic carbocycles. The quantitative estimate of drug-likeness (QED) is 0.733. The zero-order chi connectivity index (χ0) is 16.5. The van der Waals surface area contributed by atoms with E-state index in [1.807, 2.05) is 35.2 Å². The minimum absolute atomic E-state index is 0. The molecule has 1 aromatic rings. The van der Waals surface area contributed by atoms with Gasteiger partial charge in [0.2, 0.25) is 11.8 Å². The lowest BCUT2D eigenvalue weighted by Crippen LogP contribution is -2.43. The van der Waals surface area contributed by atoms with Crippen LogP contribution in [-0.2, 0) is 16.0 Å². The number of hydrogen-bond acceptors (Lipinski definition) is 3. The highest BCUT2D eigenvalue weighted by Gasteiger charge is 2.26. The van der Waals surface area contributed by atoms with Crippen LogP contribution in [0.1, 0.15) is 31.2 Å². The highest BCUT2D eigenvalue weighted by molar-refractivity contribution is 5.85. The lowest BCUT2D eigenvalue weighted by Gasteiger charge is -2.31. The Balaban J connectivity index is 0.00000288. The Morgan fingerprint density at radius 2 is 1.83 bits per heavy atom. The van der Waals surface area contributed by atoms with E-state index < -0.39 is 0 Å². The maximum absolute atomic E-state index is 12.3. The van der Waals surface area contributed by atoms with Crippen molar-refractivity contribution in [2.24, 2.45) is 11.7 Å². The van der Waals surface area contributed by atoms with Crippen LogP contribution in [0.15, 0.2) is 30.3 Å². The summed E-state index contributed by atoms with van der Waals surface area (Å²) in [6, 6.07) is 10.1. The van der Waals surface area contributed by atoms with Crippen molar-refractivity contribution in [1.82, 2.24) is 10.2 Å². The molecule has 2 amide bonds. The first-order valence-corrected chi connectivity index (χ1v) is 8.50. The molecule has 0 bridgehead atoms. The van der Waals surface area contributed by atoms with E-state index >= 15 is 0 Å². The Hall–Kier alpha value is -1.59. The van der Waals surface area contributed by atoms with Gasteiger partial charge in [0.1, 0.15) is 0 Å². The molecular formula is C18H28ClN3O2. The summed E-state index contributed by atoms with van der Waals surface area (Å²) in [5, 5.41) is 2.92. The second-order valence-corrected chi connectivity index (χ2v) is 6.07. The van der Waals surface area contributed by atoms with Crippen LogP contribution in [0, 0.1) is 5.92 Å². The van der Waals surface area contributed by atoms with Gasteiger partial charge >= 0.3 is 0 Å². The molecule has 1 aliphatic heterocycles. The van der Waals surface area contributed by atoms with E-state index in [1.165, 1.54) is 5.56 Å². The van der Waals surface area contributed by atoms with E-state index in [2.05, 4.69) is 5.32 Å². The molecule has 0 saturated carbocycles. The zero-order valence-electron chi connectivity index (χ0n) is 14.1. The minimum Gasteiger partial charge on any atom is -0.356 e. The van der Waals surface area contributed by atoms with E-state index in [-0.39, 0.29) is 30.1 Å². The number of piperidine rings is 1. The number of carbonyl (C=O) groups excluding carboxylic acids is 2. The van der Waals surface area contributed by atoms with Crippen LogP contribution >= 0.6 is 12.4 Å². The lowest BCUT2D eigenvalue weighted by atomic mass is 9.95. The number of nitrogens with one attached hydrogen (secondary N) is 1. The summed E-state index contributed by atoms with van der Waals surface area (Å²) >= 11 is 0. The van der Waals surface area contributed by atoms with Crippen LogP contribution < -0.4 is 11.1 Å². The third kappa shape index (κ3) is 6.49. The molecule has 1 heterocycles. The number of rotatable bonds is 7. The largest absolute Gasteiger partial charge is 0.356 e. The molecule has 0 atom stereocenters. The summed E-state index contributed by atoms with van der Waals surface area (Å²) in [7, 11) is 0. The second-order valence-electron chi connectivity index (χ2n) is 6.07. The molecule has 1 aliphatic rings.